The molecule has 2 aromatic carbocycles. The average Bonchev–Trinajstić information content (AvgIpc) is 2.74. The molecule has 0 saturated heterocycles. The lowest BCUT2D eigenvalue weighted by Gasteiger charge is -2.11. The van der Waals surface area contributed by atoms with Crippen LogP contribution in [-0.2, 0) is 11.2 Å². The van der Waals surface area contributed by atoms with Gasteiger partial charge in [0.2, 0.25) is 5.91 Å². The molecule has 0 unspecified atom stereocenters. The summed E-state index contributed by atoms with van der Waals surface area (Å²) in [7, 11) is 1.71. The molecule has 1 heterocycles. The van der Waals surface area contributed by atoms with Gasteiger partial charge in [-0.05, 0) is 35.9 Å². The van der Waals surface area contributed by atoms with Crippen molar-refractivity contribution in [1.82, 2.24) is 0 Å². The SMILES string of the molecule is CN1C(=O)Cc2cc(NC(=O)c3ccccc3F)ccc21. The molecule has 106 valence electrons. The largest absolute Gasteiger partial charge is 0.322 e. The van der Waals surface area contributed by atoms with E-state index in [1.165, 1.54) is 18.2 Å². The van der Waals surface area contributed by atoms with Crippen LogP contribution in [0.1, 0.15) is 15.9 Å². The molecular formula is C16H13FN2O2. The lowest BCUT2D eigenvalue weighted by molar-refractivity contribution is -0.117. The molecule has 2 aromatic rings. The van der Waals surface area contributed by atoms with Crippen molar-refractivity contribution in [3.05, 3.63) is 59.4 Å². The minimum Gasteiger partial charge on any atom is -0.322 e. The van der Waals surface area contributed by atoms with Crippen LogP contribution in [0.2, 0.25) is 0 Å². The molecule has 21 heavy (non-hydrogen) atoms. The molecule has 0 saturated carbocycles. The number of fused-ring (bicyclic) bond motifs is 1. The maximum absolute atomic E-state index is 13.6. The molecule has 0 aromatic heterocycles. The van der Waals surface area contributed by atoms with Gasteiger partial charge in [-0.25, -0.2) is 4.39 Å². The highest BCUT2D eigenvalue weighted by Crippen LogP contribution is 2.30. The van der Waals surface area contributed by atoms with Gasteiger partial charge < -0.3 is 10.2 Å². The van der Waals surface area contributed by atoms with Crippen LogP contribution in [0.4, 0.5) is 15.8 Å². The highest BCUT2D eigenvalue weighted by atomic mass is 19.1. The van der Waals surface area contributed by atoms with E-state index in [0.29, 0.717) is 12.1 Å². The van der Waals surface area contributed by atoms with Gasteiger partial charge in [-0.2, -0.15) is 0 Å². The van der Waals surface area contributed by atoms with Gasteiger partial charge in [0.1, 0.15) is 5.82 Å². The molecule has 0 fully saturated rings. The van der Waals surface area contributed by atoms with E-state index in [0.717, 1.165) is 11.3 Å². The fourth-order valence-corrected chi connectivity index (χ4v) is 2.39. The summed E-state index contributed by atoms with van der Waals surface area (Å²) in [6.45, 7) is 0. The van der Waals surface area contributed by atoms with Crippen LogP contribution in [0.3, 0.4) is 0 Å². The standard InChI is InChI=1S/C16H13FN2O2/c1-19-14-7-6-11(8-10(14)9-15(19)20)18-16(21)12-4-2-3-5-13(12)17/h2-8H,9H2,1H3,(H,18,21). The first-order chi connectivity index (χ1) is 10.1. The fourth-order valence-electron chi connectivity index (χ4n) is 2.39. The smallest absolute Gasteiger partial charge is 0.258 e. The number of rotatable bonds is 2. The summed E-state index contributed by atoms with van der Waals surface area (Å²) in [5.41, 5.74) is 2.23. The number of carbonyl (C=O) groups is 2. The van der Waals surface area contributed by atoms with Gasteiger partial charge in [-0.3, -0.25) is 9.59 Å². The van der Waals surface area contributed by atoms with Crippen LogP contribution in [0.25, 0.3) is 0 Å². The monoisotopic (exact) mass is 284 g/mol. The van der Waals surface area contributed by atoms with E-state index in [-0.39, 0.29) is 11.5 Å². The lowest BCUT2D eigenvalue weighted by Crippen LogP contribution is -2.20. The van der Waals surface area contributed by atoms with Gasteiger partial charge in [0.15, 0.2) is 0 Å². The quantitative estimate of drug-likeness (QED) is 0.921. The number of anilines is 2. The number of hydrogen-bond acceptors (Lipinski definition) is 2. The summed E-state index contributed by atoms with van der Waals surface area (Å²) in [6.07, 6.45) is 0.315. The Kier molecular flexibility index (Phi) is 3.17. The highest BCUT2D eigenvalue weighted by molar-refractivity contribution is 6.05. The van der Waals surface area contributed by atoms with Crippen molar-refractivity contribution >= 4 is 23.2 Å². The minimum atomic E-state index is -0.564. The Labute approximate surface area is 121 Å². The van der Waals surface area contributed by atoms with E-state index in [4.69, 9.17) is 0 Å². The summed E-state index contributed by atoms with van der Waals surface area (Å²) in [5.74, 6) is -1.06. The van der Waals surface area contributed by atoms with Crippen LogP contribution in [0.5, 0.6) is 0 Å². The Morgan fingerprint density at radius 2 is 2.00 bits per heavy atom. The zero-order valence-electron chi connectivity index (χ0n) is 11.4. The van der Waals surface area contributed by atoms with Crippen LogP contribution >= 0.6 is 0 Å². The highest BCUT2D eigenvalue weighted by Gasteiger charge is 2.24. The molecule has 1 N–H and O–H groups in total. The Balaban J connectivity index is 1.84. The van der Waals surface area contributed by atoms with Crippen molar-refractivity contribution in [3.8, 4) is 0 Å². The molecule has 1 aliphatic rings. The summed E-state index contributed by atoms with van der Waals surface area (Å²) >= 11 is 0. The van der Waals surface area contributed by atoms with Crippen molar-refractivity contribution in [2.75, 3.05) is 17.3 Å². The van der Waals surface area contributed by atoms with E-state index in [2.05, 4.69) is 5.32 Å². The van der Waals surface area contributed by atoms with E-state index in [1.807, 2.05) is 0 Å². The molecule has 0 atom stereocenters. The summed E-state index contributed by atoms with van der Waals surface area (Å²) in [4.78, 5) is 25.2. The predicted molar refractivity (Wildman–Crippen MR) is 77.9 cm³/mol. The lowest BCUT2D eigenvalue weighted by atomic mass is 10.1. The summed E-state index contributed by atoms with van der Waals surface area (Å²) < 4.78 is 13.6. The third-order valence-electron chi connectivity index (χ3n) is 3.53. The second-order valence-electron chi connectivity index (χ2n) is 4.91. The van der Waals surface area contributed by atoms with Crippen molar-refractivity contribution in [3.63, 3.8) is 0 Å². The molecule has 4 nitrogen and oxygen atoms in total. The molecule has 0 spiro atoms. The number of amides is 2. The van der Waals surface area contributed by atoms with Crippen LogP contribution in [0, 0.1) is 5.82 Å². The summed E-state index contributed by atoms with van der Waals surface area (Å²) in [5, 5.41) is 2.65. The van der Waals surface area contributed by atoms with Gasteiger partial charge >= 0.3 is 0 Å². The van der Waals surface area contributed by atoms with Crippen molar-refractivity contribution < 1.29 is 14.0 Å². The van der Waals surface area contributed by atoms with E-state index >= 15 is 0 Å². The van der Waals surface area contributed by atoms with Gasteiger partial charge in [0.25, 0.3) is 5.91 Å². The van der Waals surface area contributed by atoms with Gasteiger partial charge in [0.05, 0.1) is 12.0 Å². The average molecular weight is 284 g/mol. The number of carbonyl (C=O) groups excluding carboxylic acids is 2. The van der Waals surface area contributed by atoms with Gasteiger partial charge in [-0.1, -0.05) is 12.1 Å². The Morgan fingerprint density at radius 3 is 2.76 bits per heavy atom. The Bertz CT molecular complexity index is 743. The van der Waals surface area contributed by atoms with E-state index in [9.17, 15) is 14.0 Å². The third-order valence-corrected chi connectivity index (χ3v) is 3.53. The normalized spacial score (nSPS) is 13.2. The summed E-state index contributed by atoms with van der Waals surface area (Å²) in [6, 6.07) is 11.0. The molecule has 2 amide bonds. The zero-order valence-corrected chi connectivity index (χ0v) is 11.4. The Hall–Kier alpha value is -2.69. The first kappa shape index (κ1) is 13.3. The second-order valence-corrected chi connectivity index (χ2v) is 4.91. The van der Waals surface area contributed by atoms with Gasteiger partial charge in [0, 0.05) is 18.4 Å². The van der Waals surface area contributed by atoms with Crippen molar-refractivity contribution in [2.45, 2.75) is 6.42 Å². The molecule has 1 aliphatic heterocycles. The topological polar surface area (TPSA) is 49.4 Å². The number of nitrogens with zero attached hydrogens (tertiary/aromatic N) is 1. The maximum atomic E-state index is 13.6. The maximum Gasteiger partial charge on any atom is 0.258 e. The third kappa shape index (κ3) is 2.38. The first-order valence-electron chi connectivity index (χ1n) is 6.51. The molecular weight excluding hydrogens is 271 g/mol. The second kappa shape index (κ2) is 5.01. The predicted octanol–water partition coefficient (Wildman–Crippen LogP) is 2.60. The number of hydrogen-bond donors (Lipinski definition) is 1. The first-order valence-corrected chi connectivity index (χ1v) is 6.51. The van der Waals surface area contributed by atoms with Gasteiger partial charge in [-0.15, -0.1) is 0 Å². The van der Waals surface area contributed by atoms with E-state index < -0.39 is 11.7 Å². The Morgan fingerprint density at radius 1 is 1.24 bits per heavy atom. The van der Waals surface area contributed by atoms with Crippen LogP contribution in [0.15, 0.2) is 42.5 Å². The molecule has 3 rings (SSSR count). The van der Waals surface area contributed by atoms with E-state index in [1.54, 1.807) is 36.2 Å². The molecule has 5 heteroatoms. The molecule has 0 radical (unpaired) electrons. The van der Waals surface area contributed by atoms with Crippen LogP contribution < -0.4 is 10.2 Å². The minimum absolute atomic E-state index is 0.00815. The number of likely N-dealkylation sites (N-methyl/N-ethyl adjacent to an activating group) is 1. The number of benzene rings is 2. The van der Waals surface area contributed by atoms with Crippen molar-refractivity contribution in [2.24, 2.45) is 0 Å². The van der Waals surface area contributed by atoms with Crippen molar-refractivity contribution in [1.29, 1.82) is 0 Å². The fraction of sp³-hybridized carbons (Fsp3) is 0.125. The molecule has 0 bridgehead atoms. The zero-order chi connectivity index (χ0) is 15.0. The molecule has 0 aliphatic carbocycles. The number of nitrogens with one attached hydrogen (secondary N) is 1. The van der Waals surface area contributed by atoms with Crippen LogP contribution in [-0.4, -0.2) is 18.9 Å². The number of halogens is 1.